The molecule has 0 aliphatic carbocycles. The van der Waals surface area contributed by atoms with Gasteiger partial charge in [-0.25, -0.2) is 14.7 Å². The van der Waals surface area contributed by atoms with Crippen molar-refractivity contribution < 1.29 is 0 Å². The zero-order valence-electron chi connectivity index (χ0n) is 12.3. The highest BCUT2D eigenvalue weighted by Gasteiger charge is 2.16. The second kappa shape index (κ2) is 5.40. The first kappa shape index (κ1) is 13.9. The van der Waals surface area contributed by atoms with Gasteiger partial charge >= 0.3 is 0 Å². The van der Waals surface area contributed by atoms with Gasteiger partial charge < -0.3 is 0 Å². The van der Waals surface area contributed by atoms with E-state index < -0.39 is 0 Å². The molecule has 1 aliphatic rings. The number of nitrogens with one attached hydrogen (secondary N) is 1. The molecule has 0 spiro atoms. The minimum atomic E-state index is -0.179. The first-order valence-corrected chi connectivity index (χ1v) is 6.81. The van der Waals surface area contributed by atoms with E-state index in [1.807, 2.05) is 44.3 Å². The second-order valence-corrected chi connectivity index (χ2v) is 4.92. The quantitative estimate of drug-likeness (QED) is 0.905. The lowest BCUT2D eigenvalue weighted by atomic mass is 10.3. The smallest absolute Gasteiger partial charge is 0.283 e. The van der Waals surface area contributed by atoms with Crippen molar-refractivity contribution in [2.45, 2.75) is 6.92 Å². The summed E-state index contributed by atoms with van der Waals surface area (Å²) in [4.78, 5) is 20.9. The van der Waals surface area contributed by atoms with E-state index in [9.17, 15) is 4.79 Å². The van der Waals surface area contributed by atoms with Crippen molar-refractivity contribution in [1.29, 1.82) is 5.41 Å². The standard InChI is InChI=1S/C16H15N5O/c1-11-15(19-12-8-9-14(17)18-10-12)16(22)21(20(11)2)13-6-4-3-5-7-13/h3-10,17H,1-2H3. The van der Waals surface area contributed by atoms with Crippen LogP contribution in [0.3, 0.4) is 0 Å². The van der Waals surface area contributed by atoms with Gasteiger partial charge in [0.15, 0.2) is 5.69 Å². The molecule has 0 saturated carbocycles. The molecular weight excluding hydrogens is 278 g/mol. The number of nitrogens with zero attached hydrogens (tertiary/aromatic N) is 4. The van der Waals surface area contributed by atoms with Gasteiger partial charge in [-0.1, -0.05) is 18.2 Å². The number of allylic oxidation sites excluding steroid dienone is 1. The highest BCUT2D eigenvalue weighted by molar-refractivity contribution is 6.40. The molecule has 1 N–H and O–H groups in total. The molecular formula is C16H15N5O. The first-order valence-electron chi connectivity index (χ1n) is 6.81. The van der Waals surface area contributed by atoms with E-state index in [4.69, 9.17) is 5.41 Å². The maximum absolute atomic E-state index is 12.7. The van der Waals surface area contributed by atoms with Crippen molar-refractivity contribution >= 4 is 23.4 Å². The van der Waals surface area contributed by atoms with Gasteiger partial charge in [0, 0.05) is 7.05 Å². The number of benzene rings is 1. The lowest BCUT2D eigenvalue weighted by Crippen LogP contribution is -2.19. The number of aromatic nitrogens is 2. The third-order valence-electron chi connectivity index (χ3n) is 3.51. The van der Waals surface area contributed by atoms with Crippen LogP contribution in [0.4, 0.5) is 5.69 Å². The number of hydrogen-bond donors (Lipinski definition) is 1. The summed E-state index contributed by atoms with van der Waals surface area (Å²) in [6.45, 7) is 1.85. The fraction of sp³-hybridized carbons (Fsp3) is 0.125. The Bertz CT molecular complexity index is 863. The van der Waals surface area contributed by atoms with Crippen molar-refractivity contribution in [3.8, 4) is 5.69 Å². The minimum absolute atomic E-state index is 0.172. The van der Waals surface area contributed by atoms with Crippen LogP contribution in [-0.4, -0.2) is 27.1 Å². The largest absolute Gasteiger partial charge is 0.297 e. The molecule has 6 nitrogen and oxygen atoms in total. The summed E-state index contributed by atoms with van der Waals surface area (Å²) in [7, 11) is 1.83. The number of rotatable bonds is 2. The summed E-state index contributed by atoms with van der Waals surface area (Å²) in [5.41, 5.74) is 2.32. The molecule has 0 amide bonds. The Morgan fingerprint density at radius 2 is 1.91 bits per heavy atom. The van der Waals surface area contributed by atoms with Gasteiger partial charge in [0.25, 0.3) is 5.56 Å². The van der Waals surface area contributed by atoms with Gasteiger partial charge in [0.05, 0.1) is 23.3 Å². The van der Waals surface area contributed by atoms with E-state index in [0.29, 0.717) is 11.4 Å². The number of dihydropyridines is 1. The molecule has 6 heteroatoms. The molecule has 2 aromatic rings. The normalized spacial score (nSPS) is 15.7. The molecule has 1 aliphatic heterocycles. The Hall–Kier alpha value is -3.02. The summed E-state index contributed by atoms with van der Waals surface area (Å²) in [5.74, 6) is 0.172. The van der Waals surface area contributed by atoms with Crippen LogP contribution in [0, 0.1) is 12.3 Å². The van der Waals surface area contributed by atoms with Gasteiger partial charge in [0.1, 0.15) is 5.84 Å². The third-order valence-corrected chi connectivity index (χ3v) is 3.51. The monoisotopic (exact) mass is 293 g/mol. The summed E-state index contributed by atoms with van der Waals surface area (Å²) in [6, 6.07) is 9.43. The predicted octanol–water partition coefficient (Wildman–Crippen LogP) is 2.17. The molecule has 0 atom stereocenters. The number of amidine groups is 1. The van der Waals surface area contributed by atoms with Crippen molar-refractivity contribution in [2.75, 3.05) is 0 Å². The van der Waals surface area contributed by atoms with E-state index >= 15 is 0 Å². The Balaban J connectivity index is 2.14. The van der Waals surface area contributed by atoms with Crippen LogP contribution < -0.4 is 5.56 Å². The van der Waals surface area contributed by atoms with E-state index in [1.54, 1.807) is 21.5 Å². The maximum Gasteiger partial charge on any atom is 0.297 e. The molecule has 0 saturated heterocycles. The topological polar surface area (TPSA) is 75.5 Å². The van der Waals surface area contributed by atoms with Gasteiger partial charge in [-0.3, -0.25) is 14.9 Å². The van der Waals surface area contributed by atoms with Crippen LogP contribution in [0.5, 0.6) is 0 Å². The van der Waals surface area contributed by atoms with Crippen molar-refractivity contribution in [1.82, 2.24) is 9.36 Å². The Kier molecular flexibility index (Phi) is 3.42. The van der Waals surface area contributed by atoms with Crippen molar-refractivity contribution in [3.05, 3.63) is 58.5 Å². The van der Waals surface area contributed by atoms with Gasteiger partial charge in [-0.05, 0) is 31.2 Å². The summed E-state index contributed by atoms with van der Waals surface area (Å²) >= 11 is 0. The van der Waals surface area contributed by atoms with E-state index in [-0.39, 0.29) is 11.4 Å². The predicted molar refractivity (Wildman–Crippen MR) is 88.2 cm³/mol. The highest BCUT2D eigenvalue weighted by atomic mass is 16.1. The fourth-order valence-corrected chi connectivity index (χ4v) is 2.26. The van der Waals surface area contributed by atoms with E-state index in [0.717, 1.165) is 11.4 Å². The average molecular weight is 293 g/mol. The molecule has 1 aromatic carbocycles. The molecule has 3 rings (SSSR count). The second-order valence-electron chi connectivity index (χ2n) is 4.92. The van der Waals surface area contributed by atoms with Crippen LogP contribution in [0.2, 0.25) is 0 Å². The molecule has 0 radical (unpaired) electrons. The van der Waals surface area contributed by atoms with Crippen LogP contribution in [-0.2, 0) is 7.05 Å². The Morgan fingerprint density at radius 3 is 2.55 bits per heavy atom. The lowest BCUT2D eigenvalue weighted by molar-refractivity contribution is 0.630. The zero-order chi connectivity index (χ0) is 15.7. The zero-order valence-corrected chi connectivity index (χ0v) is 12.3. The Morgan fingerprint density at radius 1 is 1.18 bits per heavy atom. The Labute approximate surface area is 127 Å². The van der Waals surface area contributed by atoms with Crippen LogP contribution >= 0.6 is 0 Å². The van der Waals surface area contributed by atoms with Crippen molar-refractivity contribution in [3.63, 3.8) is 0 Å². The SMILES string of the molecule is Cc1c(N=C2C=CC(=N)N=C2)c(=O)n(-c2ccccc2)n1C. The lowest BCUT2D eigenvalue weighted by Gasteiger charge is -2.07. The number of hydrogen-bond acceptors (Lipinski definition) is 3. The highest BCUT2D eigenvalue weighted by Crippen LogP contribution is 2.17. The summed E-state index contributed by atoms with van der Waals surface area (Å²) in [6.07, 6.45) is 4.71. The van der Waals surface area contributed by atoms with Gasteiger partial charge in [-0.2, -0.15) is 0 Å². The molecule has 22 heavy (non-hydrogen) atoms. The van der Waals surface area contributed by atoms with Crippen LogP contribution in [0.1, 0.15) is 5.69 Å². The molecule has 2 heterocycles. The minimum Gasteiger partial charge on any atom is -0.283 e. The number of aliphatic imine (C=N–C) groups is 2. The summed E-state index contributed by atoms with van der Waals surface area (Å²) < 4.78 is 3.36. The first-order chi connectivity index (χ1) is 10.6. The van der Waals surface area contributed by atoms with Gasteiger partial charge in [0.2, 0.25) is 0 Å². The molecule has 0 unspecified atom stereocenters. The van der Waals surface area contributed by atoms with Crippen molar-refractivity contribution in [2.24, 2.45) is 17.0 Å². The third kappa shape index (κ3) is 2.35. The molecule has 0 fully saturated rings. The number of para-hydroxylation sites is 1. The van der Waals surface area contributed by atoms with E-state index in [1.165, 1.54) is 6.21 Å². The fourth-order valence-electron chi connectivity index (χ4n) is 2.26. The molecule has 1 aromatic heterocycles. The molecule has 0 bridgehead atoms. The van der Waals surface area contributed by atoms with Crippen LogP contribution in [0.15, 0.2) is 57.3 Å². The van der Waals surface area contributed by atoms with Gasteiger partial charge in [-0.15, -0.1) is 0 Å². The van der Waals surface area contributed by atoms with Crippen LogP contribution in [0.25, 0.3) is 5.69 Å². The molecule has 110 valence electrons. The average Bonchev–Trinajstić information content (AvgIpc) is 2.74. The summed E-state index contributed by atoms with van der Waals surface area (Å²) in [5, 5.41) is 7.38. The maximum atomic E-state index is 12.7. The van der Waals surface area contributed by atoms with E-state index in [2.05, 4.69) is 9.98 Å².